The monoisotopic (exact) mass is 354 g/mol. The molecule has 0 radical (unpaired) electrons. The fourth-order valence-electron chi connectivity index (χ4n) is 2.61. The number of rotatable bonds is 7. The zero-order valence-corrected chi connectivity index (χ0v) is 16.1. The van der Waals surface area contributed by atoms with E-state index in [-0.39, 0.29) is 11.6 Å². The maximum atomic E-state index is 12.2. The van der Waals surface area contributed by atoms with Gasteiger partial charge in [0, 0.05) is 23.1 Å². The third kappa shape index (κ3) is 4.65. The number of hydrogen-bond acceptors (Lipinski definition) is 5. The van der Waals surface area contributed by atoms with Crippen molar-refractivity contribution < 1.29 is 9.63 Å². The van der Waals surface area contributed by atoms with Gasteiger partial charge < -0.3 is 10.2 Å². The van der Waals surface area contributed by atoms with Gasteiger partial charge in [0.15, 0.2) is 5.82 Å². The van der Waals surface area contributed by atoms with Gasteiger partial charge in [-0.15, -0.1) is 0 Å². The Morgan fingerprint density at radius 2 is 2.08 bits per heavy atom. The fraction of sp³-hybridized carbons (Fsp3) is 0.400. The Hall–Kier alpha value is -2.76. The molecule has 1 aromatic heterocycles. The smallest absolute Gasteiger partial charge is 0.273 e. The van der Waals surface area contributed by atoms with Crippen molar-refractivity contribution in [2.75, 3.05) is 12.4 Å². The molecule has 0 spiro atoms. The first-order valence-electron chi connectivity index (χ1n) is 8.79. The number of benzene rings is 1. The van der Waals surface area contributed by atoms with Crippen LogP contribution in [0.1, 0.15) is 43.5 Å². The standard InChI is InChI=1S/C20H26N4O2/c1-6-7-10-17-13(2)12-21-19(22-17)16-9-8-11-18(14(16)3)23-20(25)15(4)24-26-5/h8-9,11-12H,6-7,10H2,1-5H3,(H,23,25)/b24-15+. The molecule has 0 atom stereocenters. The summed E-state index contributed by atoms with van der Waals surface area (Å²) in [6.07, 6.45) is 5.04. The predicted octanol–water partition coefficient (Wildman–Crippen LogP) is 4.06. The highest BCUT2D eigenvalue weighted by molar-refractivity contribution is 6.42. The van der Waals surface area contributed by atoms with Crippen molar-refractivity contribution >= 4 is 17.3 Å². The SMILES string of the molecule is CCCCc1nc(-c2cccc(NC(=O)/C(C)=N/OC)c2C)ncc1C. The van der Waals surface area contributed by atoms with Crippen LogP contribution in [0.25, 0.3) is 11.4 Å². The molecule has 0 saturated carbocycles. The van der Waals surface area contributed by atoms with E-state index >= 15 is 0 Å². The molecule has 0 bridgehead atoms. The summed E-state index contributed by atoms with van der Waals surface area (Å²) < 4.78 is 0. The van der Waals surface area contributed by atoms with Crippen molar-refractivity contribution in [2.24, 2.45) is 5.16 Å². The largest absolute Gasteiger partial charge is 0.399 e. The fourth-order valence-corrected chi connectivity index (χ4v) is 2.61. The van der Waals surface area contributed by atoms with Gasteiger partial charge in [0.1, 0.15) is 12.8 Å². The number of hydrogen-bond donors (Lipinski definition) is 1. The van der Waals surface area contributed by atoms with Gasteiger partial charge in [-0.05, 0) is 50.8 Å². The van der Waals surface area contributed by atoms with Crippen LogP contribution in [0, 0.1) is 13.8 Å². The summed E-state index contributed by atoms with van der Waals surface area (Å²) in [5, 5.41) is 6.52. The Balaban J connectivity index is 2.34. The van der Waals surface area contributed by atoms with Gasteiger partial charge in [-0.2, -0.15) is 0 Å². The lowest BCUT2D eigenvalue weighted by Gasteiger charge is -2.13. The molecule has 1 heterocycles. The van der Waals surface area contributed by atoms with Gasteiger partial charge >= 0.3 is 0 Å². The molecule has 138 valence electrons. The number of unbranched alkanes of at least 4 members (excludes halogenated alkanes) is 1. The van der Waals surface area contributed by atoms with E-state index in [1.807, 2.05) is 38.2 Å². The first-order valence-corrected chi connectivity index (χ1v) is 8.79. The highest BCUT2D eigenvalue weighted by atomic mass is 16.6. The first kappa shape index (κ1) is 19.6. The Morgan fingerprint density at radius 1 is 1.31 bits per heavy atom. The van der Waals surface area contributed by atoms with Crippen molar-refractivity contribution in [3.05, 3.63) is 41.2 Å². The van der Waals surface area contributed by atoms with Crippen LogP contribution in [-0.2, 0) is 16.1 Å². The molecule has 26 heavy (non-hydrogen) atoms. The molecular formula is C20H26N4O2. The molecule has 0 aliphatic heterocycles. The van der Waals surface area contributed by atoms with E-state index in [4.69, 9.17) is 4.98 Å². The first-order chi connectivity index (χ1) is 12.5. The summed E-state index contributed by atoms with van der Waals surface area (Å²) in [6, 6.07) is 5.70. The van der Waals surface area contributed by atoms with Crippen LogP contribution in [0.3, 0.4) is 0 Å². The van der Waals surface area contributed by atoms with E-state index in [2.05, 4.69) is 27.2 Å². The topological polar surface area (TPSA) is 76.5 Å². The van der Waals surface area contributed by atoms with Crippen LogP contribution >= 0.6 is 0 Å². The van der Waals surface area contributed by atoms with Crippen LogP contribution in [0.2, 0.25) is 0 Å². The highest BCUT2D eigenvalue weighted by Crippen LogP contribution is 2.27. The van der Waals surface area contributed by atoms with Gasteiger partial charge in [0.2, 0.25) is 0 Å². The Labute approximate surface area is 154 Å². The van der Waals surface area contributed by atoms with E-state index in [1.165, 1.54) is 7.11 Å². The minimum Gasteiger partial charge on any atom is -0.399 e. The zero-order valence-electron chi connectivity index (χ0n) is 16.1. The average Bonchev–Trinajstić information content (AvgIpc) is 2.63. The van der Waals surface area contributed by atoms with E-state index in [9.17, 15) is 4.79 Å². The van der Waals surface area contributed by atoms with Gasteiger partial charge in [0.05, 0.1) is 0 Å². The summed E-state index contributed by atoms with van der Waals surface area (Å²) in [4.78, 5) is 26.1. The maximum Gasteiger partial charge on any atom is 0.273 e. The number of aryl methyl sites for hydroxylation is 2. The molecular weight excluding hydrogens is 328 g/mol. The second-order valence-corrected chi connectivity index (χ2v) is 6.22. The molecule has 2 rings (SSSR count). The lowest BCUT2D eigenvalue weighted by Crippen LogP contribution is -2.21. The second kappa shape index (κ2) is 9.08. The van der Waals surface area contributed by atoms with Crippen molar-refractivity contribution in [1.82, 2.24) is 9.97 Å². The van der Waals surface area contributed by atoms with Crippen LogP contribution in [-0.4, -0.2) is 28.7 Å². The van der Waals surface area contributed by atoms with Gasteiger partial charge in [-0.1, -0.05) is 30.6 Å². The molecule has 6 nitrogen and oxygen atoms in total. The summed E-state index contributed by atoms with van der Waals surface area (Å²) in [5.74, 6) is 0.373. The summed E-state index contributed by atoms with van der Waals surface area (Å²) in [5.41, 5.74) is 4.96. The molecule has 2 aromatic rings. The maximum absolute atomic E-state index is 12.2. The minimum absolute atomic E-state index is 0.255. The lowest BCUT2D eigenvalue weighted by molar-refractivity contribution is -0.110. The lowest BCUT2D eigenvalue weighted by atomic mass is 10.0. The van der Waals surface area contributed by atoms with E-state index in [0.29, 0.717) is 11.5 Å². The Kier molecular flexibility index (Phi) is 6.83. The highest BCUT2D eigenvalue weighted by Gasteiger charge is 2.14. The van der Waals surface area contributed by atoms with Gasteiger partial charge in [-0.25, -0.2) is 9.97 Å². The van der Waals surface area contributed by atoms with E-state index in [1.54, 1.807) is 6.92 Å². The Morgan fingerprint density at radius 3 is 2.77 bits per heavy atom. The number of nitrogens with zero attached hydrogens (tertiary/aromatic N) is 3. The second-order valence-electron chi connectivity index (χ2n) is 6.22. The Bertz CT molecular complexity index is 815. The van der Waals surface area contributed by atoms with Crippen molar-refractivity contribution in [1.29, 1.82) is 0 Å². The number of anilines is 1. The quantitative estimate of drug-likeness (QED) is 0.601. The van der Waals surface area contributed by atoms with Crippen LogP contribution in [0.4, 0.5) is 5.69 Å². The van der Waals surface area contributed by atoms with Crippen molar-refractivity contribution in [3.8, 4) is 11.4 Å². The number of carbonyl (C=O) groups excluding carboxylic acids is 1. The van der Waals surface area contributed by atoms with Crippen LogP contribution in [0.15, 0.2) is 29.6 Å². The summed E-state index contributed by atoms with van der Waals surface area (Å²) >= 11 is 0. The molecule has 0 aliphatic carbocycles. The van der Waals surface area contributed by atoms with Gasteiger partial charge in [0.25, 0.3) is 5.91 Å². The molecule has 1 N–H and O–H groups in total. The summed E-state index contributed by atoms with van der Waals surface area (Å²) in [7, 11) is 1.41. The number of carbonyl (C=O) groups is 1. The normalized spacial score (nSPS) is 11.3. The van der Waals surface area contributed by atoms with Crippen LogP contribution < -0.4 is 5.32 Å². The molecule has 0 unspecified atom stereocenters. The predicted molar refractivity (Wildman–Crippen MR) is 104 cm³/mol. The number of aromatic nitrogens is 2. The number of amides is 1. The van der Waals surface area contributed by atoms with Crippen molar-refractivity contribution in [2.45, 2.75) is 47.0 Å². The van der Waals surface area contributed by atoms with Crippen molar-refractivity contribution in [3.63, 3.8) is 0 Å². The van der Waals surface area contributed by atoms with E-state index < -0.39 is 0 Å². The zero-order chi connectivity index (χ0) is 19.1. The minimum atomic E-state index is -0.305. The molecule has 0 aliphatic rings. The number of oxime groups is 1. The van der Waals surface area contributed by atoms with Crippen LogP contribution in [0.5, 0.6) is 0 Å². The molecule has 0 saturated heterocycles. The van der Waals surface area contributed by atoms with E-state index in [0.717, 1.165) is 41.6 Å². The van der Waals surface area contributed by atoms with Gasteiger partial charge in [-0.3, -0.25) is 4.79 Å². The third-order valence-corrected chi connectivity index (χ3v) is 4.22. The number of nitrogens with one attached hydrogen (secondary N) is 1. The molecule has 0 fully saturated rings. The molecule has 6 heteroatoms. The third-order valence-electron chi connectivity index (χ3n) is 4.22. The molecule has 1 amide bonds. The molecule has 1 aromatic carbocycles. The average molecular weight is 354 g/mol. The summed E-state index contributed by atoms with van der Waals surface area (Å²) in [6.45, 7) is 7.75.